The molecular formula is C18H10Cl2F3N5O3. The van der Waals surface area contributed by atoms with Crippen LogP contribution in [0.25, 0.3) is 0 Å². The zero-order valence-corrected chi connectivity index (χ0v) is 17.0. The molecule has 13 heteroatoms. The maximum atomic E-state index is 13.5. The van der Waals surface area contributed by atoms with E-state index in [9.17, 15) is 18.0 Å². The second-order valence-electron chi connectivity index (χ2n) is 5.94. The maximum absolute atomic E-state index is 13.5. The summed E-state index contributed by atoms with van der Waals surface area (Å²) in [5, 5.41) is 16.3. The molecule has 2 heterocycles. The van der Waals surface area contributed by atoms with E-state index in [0.717, 1.165) is 16.7 Å². The molecule has 2 aromatic heterocycles. The van der Waals surface area contributed by atoms with Crippen molar-refractivity contribution in [2.75, 3.05) is 7.11 Å². The molecule has 0 bridgehead atoms. The first-order chi connectivity index (χ1) is 14.6. The summed E-state index contributed by atoms with van der Waals surface area (Å²) >= 11 is 11.7. The number of nitrogens with zero attached hydrogens (tertiary/aromatic N) is 5. The van der Waals surface area contributed by atoms with Crippen molar-refractivity contribution in [2.45, 2.75) is 12.7 Å². The standard InChI is InChI=1S/C18H10Cl2F3N5O3/c1-30-16-10(4-13(20)26-27-16)7-28-8-25-15(18(21,22)23)14(17(28)29)31-12-3-9(6-24)2-11(19)5-12/h2-5,8H,7H2,1H3. The van der Waals surface area contributed by atoms with E-state index < -0.39 is 23.2 Å². The fourth-order valence-electron chi connectivity index (χ4n) is 2.54. The molecule has 0 aliphatic heterocycles. The lowest BCUT2D eigenvalue weighted by Crippen LogP contribution is -2.27. The van der Waals surface area contributed by atoms with Gasteiger partial charge in [-0.05, 0) is 24.3 Å². The smallest absolute Gasteiger partial charge is 0.437 e. The van der Waals surface area contributed by atoms with E-state index in [0.29, 0.717) is 6.33 Å². The van der Waals surface area contributed by atoms with Crippen molar-refractivity contribution < 1.29 is 22.6 Å². The fraction of sp³-hybridized carbons (Fsp3) is 0.167. The van der Waals surface area contributed by atoms with E-state index in [1.807, 2.05) is 0 Å². The van der Waals surface area contributed by atoms with Crippen molar-refractivity contribution in [3.8, 4) is 23.4 Å². The Balaban J connectivity index is 2.12. The van der Waals surface area contributed by atoms with Gasteiger partial charge >= 0.3 is 6.18 Å². The van der Waals surface area contributed by atoms with Gasteiger partial charge in [0, 0.05) is 10.6 Å². The summed E-state index contributed by atoms with van der Waals surface area (Å²) in [7, 11) is 1.30. The number of alkyl halides is 3. The lowest BCUT2D eigenvalue weighted by Gasteiger charge is -2.15. The van der Waals surface area contributed by atoms with Gasteiger partial charge in [0.1, 0.15) is 5.75 Å². The van der Waals surface area contributed by atoms with E-state index in [1.54, 1.807) is 6.07 Å². The lowest BCUT2D eigenvalue weighted by molar-refractivity contribution is -0.142. The molecule has 1 aromatic carbocycles. The van der Waals surface area contributed by atoms with Crippen LogP contribution < -0.4 is 15.0 Å². The highest BCUT2D eigenvalue weighted by Gasteiger charge is 2.38. The minimum absolute atomic E-state index is 0.0110. The molecule has 0 saturated carbocycles. The highest BCUT2D eigenvalue weighted by Crippen LogP contribution is 2.35. The molecule has 8 nitrogen and oxygen atoms in total. The predicted octanol–water partition coefficient (Wildman–Crippen LogP) is 4.08. The van der Waals surface area contributed by atoms with E-state index in [-0.39, 0.29) is 39.5 Å². The summed E-state index contributed by atoms with van der Waals surface area (Å²) in [6, 6.07) is 6.72. The zero-order valence-electron chi connectivity index (χ0n) is 15.4. The van der Waals surface area contributed by atoms with Crippen molar-refractivity contribution >= 4 is 23.2 Å². The van der Waals surface area contributed by atoms with Gasteiger partial charge in [-0.25, -0.2) is 4.98 Å². The molecule has 3 rings (SSSR count). The van der Waals surface area contributed by atoms with Gasteiger partial charge in [-0.3, -0.25) is 9.36 Å². The molecule has 3 aromatic rings. The monoisotopic (exact) mass is 471 g/mol. The minimum atomic E-state index is -4.98. The first-order valence-electron chi connectivity index (χ1n) is 8.23. The minimum Gasteiger partial charge on any atom is -0.480 e. The Bertz CT molecular complexity index is 1240. The van der Waals surface area contributed by atoms with E-state index in [2.05, 4.69) is 15.2 Å². The van der Waals surface area contributed by atoms with Crippen LogP contribution in [0, 0.1) is 11.3 Å². The summed E-state index contributed by atoms with van der Waals surface area (Å²) < 4.78 is 51.5. The van der Waals surface area contributed by atoms with Crippen molar-refractivity contribution in [1.82, 2.24) is 19.7 Å². The number of rotatable bonds is 5. The molecule has 0 unspecified atom stereocenters. The van der Waals surface area contributed by atoms with Crippen molar-refractivity contribution in [3.05, 3.63) is 67.9 Å². The molecule has 0 atom stereocenters. The summed E-state index contributed by atoms with van der Waals surface area (Å²) in [5.74, 6) is -1.31. The number of methoxy groups -OCH3 is 1. The highest BCUT2D eigenvalue weighted by molar-refractivity contribution is 6.30. The third-order valence-electron chi connectivity index (χ3n) is 3.82. The van der Waals surface area contributed by atoms with Gasteiger partial charge in [-0.15, -0.1) is 10.2 Å². The zero-order chi connectivity index (χ0) is 22.8. The first kappa shape index (κ1) is 22.3. The Labute approximate surface area is 182 Å². The van der Waals surface area contributed by atoms with Crippen LogP contribution in [0.1, 0.15) is 16.8 Å². The molecule has 31 heavy (non-hydrogen) atoms. The van der Waals surface area contributed by atoms with Crippen LogP contribution in [0.2, 0.25) is 10.2 Å². The predicted molar refractivity (Wildman–Crippen MR) is 102 cm³/mol. The van der Waals surface area contributed by atoms with Gasteiger partial charge in [-0.1, -0.05) is 23.2 Å². The molecule has 0 aliphatic rings. The number of hydrogen-bond acceptors (Lipinski definition) is 7. The second kappa shape index (κ2) is 8.79. The van der Waals surface area contributed by atoms with Gasteiger partial charge in [0.15, 0.2) is 10.8 Å². The first-order valence-corrected chi connectivity index (χ1v) is 8.99. The molecule has 0 radical (unpaired) electrons. The average molecular weight is 472 g/mol. The average Bonchev–Trinajstić information content (AvgIpc) is 2.69. The Morgan fingerprint density at radius 2 is 1.94 bits per heavy atom. The summed E-state index contributed by atoms with van der Waals surface area (Å²) in [5.41, 5.74) is -2.38. The van der Waals surface area contributed by atoms with Gasteiger partial charge < -0.3 is 9.47 Å². The van der Waals surface area contributed by atoms with Crippen molar-refractivity contribution in [2.24, 2.45) is 0 Å². The van der Waals surface area contributed by atoms with Gasteiger partial charge in [-0.2, -0.15) is 18.4 Å². The van der Waals surface area contributed by atoms with Crippen molar-refractivity contribution in [1.29, 1.82) is 5.26 Å². The highest BCUT2D eigenvalue weighted by atomic mass is 35.5. The topological polar surface area (TPSA) is 103 Å². The van der Waals surface area contributed by atoms with E-state index in [1.165, 1.54) is 19.2 Å². The summed E-state index contributed by atoms with van der Waals surface area (Å²) in [4.78, 5) is 16.2. The third-order valence-corrected chi connectivity index (χ3v) is 4.23. The quantitative estimate of drug-likeness (QED) is 0.552. The molecule has 0 spiro atoms. The Morgan fingerprint density at radius 3 is 2.58 bits per heavy atom. The maximum Gasteiger partial charge on any atom is 0.437 e. The Morgan fingerprint density at radius 1 is 1.19 bits per heavy atom. The second-order valence-corrected chi connectivity index (χ2v) is 6.77. The number of halogens is 5. The number of benzene rings is 1. The lowest BCUT2D eigenvalue weighted by atomic mass is 10.2. The van der Waals surface area contributed by atoms with Gasteiger partial charge in [0.2, 0.25) is 11.6 Å². The van der Waals surface area contributed by atoms with Crippen LogP contribution >= 0.6 is 23.2 Å². The van der Waals surface area contributed by atoms with Gasteiger partial charge in [0.25, 0.3) is 5.56 Å². The van der Waals surface area contributed by atoms with E-state index >= 15 is 0 Å². The fourth-order valence-corrected chi connectivity index (χ4v) is 2.94. The summed E-state index contributed by atoms with van der Waals surface area (Å²) in [6.07, 6.45) is -4.27. The molecule has 160 valence electrons. The number of aromatic nitrogens is 4. The third kappa shape index (κ3) is 5.04. The number of ether oxygens (including phenoxy) is 2. The number of nitriles is 1. The van der Waals surface area contributed by atoms with Crippen LogP contribution in [-0.2, 0) is 12.7 Å². The molecule has 0 fully saturated rings. The molecule has 0 N–H and O–H groups in total. The molecule has 0 amide bonds. The van der Waals surface area contributed by atoms with Crippen LogP contribution in [-0.4, -0.2) is 26.9 Å². The van der Waals surface area contributed by atoms with Crippen LogP contribution in [0.15, 0.2) is 35.4 Å². The molecular weight excluding hydrogens is 462 g/mol. The number of hydrogen-bond donors (Lipinski definition) is 0. The van der Waals surface area contributed by atoms with Crippen LogP contribution in [0.5, 0.6) is 17.4 Å². The van der Waals surface area contributed by atoms with Gasteiger partial charge in [0.05, 0.1) is 31.6 Å². The Kier molecular flexibility index (Phi) is 6.33. The van der Waals surface area contributed by atoms with Crippen LogP contribution in [0.3, 0.4) is 0 Å². The summed E-state index contributed by atoms with van der Waals surface area (Å²) in [6.45, 7) is -0.280. The molecule has 0 aliphatic carbocycles. The Hall–Kier alpha value is -3.36. The normalized spacial score (nSPS) is 11.1. The molecule has 0 saturated heterocycles. The largest absolute Gasteiger partial charge is 0.480 e. The SMILES string of the molecule is COc1nnc(Cl)cc1Cn1cnc(C(F)(F)F)c(Oc2cc(Cl)cc(C#N)c2)c1=O. The van der Waals surface area contributed by atoms with Crippen molar-refractivity contribution in [3.63, 3.8) is 0 Å². The van der Waals surface area contributed by atoms with Crippen LogP contribution in [0.4, 0.5) is 13.2 Å². The van der Waals surface area contributed by atoms with E-state index in [4.69, 9.17) is 37.9 Å².